The van der Waals surface area contributed by atoms with Crippen molar-refractivity contribution in [3.63, 3.8) is 0 Å². The van der Waals surface area contributed by atoms with Crippen LogP contribution in [0.4, 0.5) is 5.69 Å². The fourth-order valence-corrected chi connectivity index (χ4v) is 1.36. The van der Waals surface area contributed by atoms with Gasteiger partial charge in [0.1, 0.15) is 11.4 Å². The fourth-order valence-electron chi connectivity index (χ4n) is 1.36. The lowest BCUT2D eigenvalue weighted by atomic mass is 10.2. The van der Waals surface area contributed by atoms with Gasteiger partial charge in [-0.05, 0) is 19.1 Å². The van der Waals surface area contributed by atoms with Crippen LogP contribution < -0.4 is 5.32 Å². The molecule has 0 aliphatic heterocycles. The van der Waals surface area contributed by atoms with Gasteiger partial charge in [-0.15, -0.1) is 0 Å². The number of carbonyl (C=O) groups excluding carboxylic acids is 1. The molecule has 17 heavy (non-hydrogen) atoms. The van der Waals surface area contributed by atoms with E-state index in [1.165, 1.54) is 18.6 Å². The highest BCUT2D eigenvalue weighted by molar-refractivity contribution is 6.03. The van der Waals surface area contributed by atoms with Crippen molar-refractivity contribution in [3.8, 4) is 5.75 Å². The molecular formula is C12H11N3O2. The van der Waals surface area contributed by atoms with Crippen molar-refractivity contribution in [1.29, 1.82) is 0 Å². The van der Waals surface area contributed by atoms with Crippen molar-refractivity contribution >= 4 is 11.6 Å². The SMILES string of the molecule is Cc1c(O)cccc1NC(=O)c1cnccn1. The van der Waals surface area contributed by atoms with Crippen molar-refractivity contribution in [1.82, 2.24) is 9.97 Å². The molecule has 2 N–H and O–H groups in total. The molecule has 0 atom stereocenters. The van der Waals surface area contributed by atoms with E-state index in [-0.39, 0.29) is 17.4 Å². The van der Waals surface area contributed by atoms with Crippen LogP contribution in [0.5, 0.6) is 5.75 Å². The van der Waals surface area contributed by atoms with Gasteiger partial charge in [-0.1, -0.05) is 6.07 Å². The van der Waals surface area contributed by atoms with Crippen molar-refractivity contribution in [2.45, 2.75) is 6.92 Å². The molecule has 0 saturated carbocycles. The average Bonchev–Trinajstić information content (AvgIpc) is 2.36. The lowest BCUT2D eigenvalue weighted by Gasteiger charge is -2.08. The normalized spacial score (nSPS) is 9.94. The van der Waals surface area contributed by atoms with E-state index in [0.717, 1.165) is 0 Å². The van der Waals surface area contributed by atoms with Crippen LogP contribution in [0.2, 0.25) is 0 Å². The molecule has 2 aromatic rings. The third-order valence-corrected chi connectivity index (χ3v) is 2.35. The first-order chi connectivity index (χ1) is 8.18. The van der Waals surface area contributed by atoms with Crippen LogP contribution in [0.3, 0.4) is 0 Å². The van der Waals surface area contributed by atoms with Crippen LogP contribution in [0.1, 0.15) is 16.1 Å². The minimum atomic E-state index is -0.355. The maximum atomic E-state index is 11.8. The lowest BCUT2D eigenvalue weighted by Crippen LogP contribution is -2.14. The zero-order chi connectivity index (χ0) is 12.3. The number of benzene rings is 1. The number of anilines is 1. The molecule has 0 fully saturated rings. The number of carbonyl (C=O) groups is 1. The van der Waals surface area contributed by atoms with Gasteiger partial charge in [0.05, 0.1) is 6.20 Å². The summed E-state index contributed by atoms with van der Waals surface area (Å²) < 4.78 is 0. The molecule has 0 bridgehead atoms. The lowest BCUT2D eigenvalue weighted by molar-refractivity contribution is 0.102. The minimum absolute atomic E-state index is 0.141. The number of aromatic nitrogens is 2. The molecule has 0 saturated heterocycles. The van der Waals surface area contributed by atoms with E-state index in [9.17, 15) is 9.90 Å². The Balaban J connectivity index is 2.22. The van der Waals surface area contributed by atoms with Gasteiger partial charge in [0, 0.05) is 23.6 Å². The standard InChI is InChI=1S/C12H11N3O2/c1-8-9(3-2-4-11(8)16)15-12(17)10-7-13-5-6-14-10/h2-7,16H,1H3,(H,15,17). The number of phenolic OH excluding ortho intramolecular Hbond substituents is 1. The highest BCUT2D eigenvalue weighted by Crippen LogP contribution is 2.23. The Kier molecular flexibility index (Phi) is 3.00. The monoisotopic (exact) mass is 229 g/mol. The summed E-state index contributed by atoms with van der Waals surface area (Å²) >= 11 is 0. The van der Waals surface area contributed by atoms with Gasteiger partial charge in [0.2, 0.25) is 0 Å². The van der Waals surface area contributed by atoms with Gasteiger partial charge in [0.25, 0.3) is 5.91 Å². The number of hydrogen-bond donors (Lipinski definition) is 2. The van der Waals surface area contributed by atoms with Crippen LogP contribution in [0, 0.1) is 6.92 Å². The number of phenols is 1. The zero-order valence-electron chi connectivity index (χ0n) is 9.21. The van der Waals surface area contributed by atoms with Crippen LogP contribution in [-0.4, -0.2) is 21.0 Å². The molecule has 5 nitrogen and oxygen atoms in total. The van der Waals surface area contributed by atoms with Gasteiger partial charge in [0.15, 0.2) is 0 Å². The van der Waals surface area contributed by atoms with Gasteiger partial charge in [-0.3, -0.25) is 9.78 Å². The summed E-state index contributed by atoms with van der Waals surface area (Å²) in [5.41, 5.74) is 1.40. The second-order valence-corrected chi connectivity index (χ2v) is 3.49. The Hall–Kier alpha value is -2.43. The molecule has 1 aromatic heterocycles. The van der Waals surface area contributed by atoms with E-state index in [0.29, 0.717) is 11.3 Å². The Morgan fingerprint density at radius 2 is 2.18 bits per heavy atom. The second kappa shape index (κ2) is 4.61. The first-order valence-corrected chi connectivity index (χ1v) is 5.04. The minimum Gasteiger partial charge on any atom is -0.508 e. The molecule has 0 unspecified atom stereocenters. The maximum absolute atomic E-state index is 11.8. The highest BCUT2D eigenvalue weighted by Gasteiger charge is 2.10. The van der Waals surface area contributed by atoms with E-state index in [4.69, 9.17) is 0 Å². The molecule has 0 spiro atoms. The Morgan fingerprint density at radius 3 is 2.88 bits per heavy atom. The molecule has 0 aliphatic rings. The number of hydrogen-bond acceptors (Lipinski definition) is 4. The Morgan fingerprint density at radius 1 is 1.35 bits per heavy atom. The molecule has 2 rings (SSSR count). The van der Waals surface area contributed by atoms with Crippen LogP contribution in [0.25, 0.3) is 0 Å². The second-order valence-electron chi connectivity index (χ2n) is 3.49. The first kappa shape index (κ1) is 11.1. The largest absolute Gasteiger partial charge is 0.508 e. The topological polar surface area (TPSA) is 75.1 Å². The summed E-state index contributed by atoms with van der Waals surface area (Å²) in [6.07, 6.45) is 4.33. The van der Waals surface area contributed by atoms with Crippen molar-refractivity contribution in [2.24, 2.45) is 0 Å². The molecule has 0 aliphatic carbocycles. The predicted molar refractivity (Wildman–Crippen MR) is 62.8 cm³/mol. The Labute approximate surface area is 98.2 Å². The molecule has 0 radical (unpaired) electrons. The summed E-state index contributed by atoms with van der Waals surface area (Å²) in [4.78, 5) is 19.5. The number of aromatic hydroxyl groups is 1. The number of rotatable bonds is 2. The summed E-state index contributed by atoms with van der Waals surface area (Å²) in [5.74, 6) is -0.214. The number of nitrogens with zero attached hydrogens (tertiary/aromatic N) is 2. The van der Waals surface area contributed by atoms with Crippen LogP contribution in [0.15, 0.2) is 36.8 Å². The predicted octanol–water partition coefficient (Wildman–Crippen LogP) is 1.74. The maximum Gasteiger partial charge on any atom is 0.275 e. The number of nitrogens with one attached hydrogen (secondary N) is 1. The van der Waals surface area contributed by atoms with Gasteiger partial charge < -0.3 is 10.4 Å². The third-order valence-electron chi connectivity index (χ3n) is 2.35. The summed E-state index contributed by atoms with van der Waals surface area (Å²) in [6.45, 7) is 1.72. The van der Waals surface area contributed by atoms with Gasteiger partial charge in [-0.25, -0.2) is 4.98 Å². The molecule has 5 heteroatoms. The molecular weight excluding hydrogens is 218 g/mol. The Bertz CT molecular complexity index is 541. The van der Waals surface area contributed by atoms with E-state index in [1.807, 2.05) is 0 Å². The smallest absolute Gasteiger partial charge is 0.275 e. The third kappa shape index (κ3) is 2.39. The first-order valence-electron chi connectivity index (χ1n) is 5.04. The zero-order valence-corrected chi connectivity index (χ0v) is 9.21. The molecule has 1 heterocycles. The van der Waals surface area contributed by atoms with Crippen molar-refractivity contribution < 1.29 is 9.90 Å². The van der Waals surface area contributed by atoms with E-state index >= 15 is 0 Å². The molecule has 86 valence electrons. The van der Waals surface area contributed by atoms with Gasteiger partial charge in [-0.2, -0.15) is 0 Å². The van der Waals surface area contributed by atoms with Crippen LogP contribution in [-0.2, 0) is 0 Å². The molecule has 1 amide bonds. The summed E-state index contributed by atoms with van der Waals surface area (Å²) in [5, 5.41) is 12.2. The van der Waals surface area contributed by atoms with Gasteiger partial charge >= 0.3 is 0 Å². The van der Waals surface area contributed by atoms with Crippen molar-refractivity contribution in [3.05, 3.63) is 48.0 Å². The quantitative estimate of drug-likeness (QED) is 0.822. The van der Waals surface area contributed by atoms with E-state index in [2.05, 4.69) is 15.3 Å². The van der Waals surface area contributed by atoms with Crippen LogP contribution >= 0.6 is 0 Å². The van der Waals surface area contributed by atoms with E-state index < -0.39 is 0 Å². The summed E-state index contributed by atoms with van der Waals surface area (Å²) in [7, 11) is 0. The number of amides is 1. The fraction of sp³-hybridized carbons (Fsp3) is 0.0833. The molecule has 1 aromatic carbocycles. The average molecular weight is 229 g/mol. The van der Waals surface area contributed by atoms with Crippen molar-refractivity contribution in [2.75, 3.05) is 5.32 Å². The summed E-state index contributed by atoms with van der Waals surface area (Å²) in [6, 6.07) is 4.94. The van der Waals surface area contributed by atoms with E-state index in [1.54, 1.807) is 25.1 Å². The highest BCUT2D eigenvalue weighted by atomic mass is 16.3.